The van der Waals surface area contributed by atoms with E-state index in [1.54, 1.807) is 0 Å². The molecule has 9 heteroatoms. The van der Waals surface area contributed by atoms with Crippen LogP contribution >= 0.6 is 0 Å². The standard InChI is InChI=1S/C22H27N3O5S/c1-17-6-10-19(11-7-17)30-16-4-5-21(26)23-24-22(27)18-8-12-20(13-9-18)31(28,29)25-14-2-3-15-25/h6-13H,2-5,14-16H2,1H3,(H,23,26)(H,24,27). The van der Waals surface area contributed by atoms with Gasteiger partial charge in [-0.05, 0) is 62.6 Å². The van der Waals surface area contributed by atoms with E-state index in [1.165, 1.54) is 28.6 Å². The van der Waals surface area contributed by atoms with Crippen LogP contribution in [0.5, 0.6) is 5.75 Å². The third-order valence-electron chi connectivity index (χ3n) is 4.97. The minimum atomic E-state index is -3.52. The van der Waals surface area contributed by atoms with Crippen molar-refractivity contribution in [2.45, 2.75) is 37.5 Å². The molecule has 2 aromatic rings. The van der Waals surface area contributed by atoms with E-state index in [4.69, 9.17) is 4.74 Å². The summed E-state index contributed by atoms with van der Waals surface area (Å²) >= 11 is 0. The lowest BCUT2D eigenvalue weighted by molar-refractivity contribution is -0.122. The zero-order valence-electron chi connectivity index (χ0n) is 17.5. The monoisotopic (exact) mass is 445 g/mol. The largest absolute Gasteiger partial charge is 0.494 e. The van der Waals surface area contributed by atoms with Crippen molar-refractivity contribution < 1.29 is 22.7 Å². The molecule has 0 radical (unpaired) electrons. The number of nitrogens with one attached hydrogen (secondary N) is 2. The molecule has 2 N–H and O–H groups in total. The Bertz CT molecular complexity index is 998. The summed E-state index contributed by atoms with van der Waals surface area (Å²) in [7, 11) is -3.52. The molecule has 0 unspecified atom stereocenters. The lowest BCUT2D eigenvalue weighted by Gasteiger charge is -2.15. The van der Waals surface area contributed by atoms with Crippen LogP contribution in [0.2, 0.25) is 0 Å². The summed E-state index contributed by atoms with van der Waals surface area (Å²) in [5, 5.41) is 0. The van der Waals surface area contributed by atoms with Gasteiger partial charge >= 0.3 is 0 Å². The molecule has 1 aliphatic heterocycles. The molecule has 166 valence electrons. The number of rotatable bonds is 8. The molecule has 0 aromatic heterocycles. The summed E-state index contributed by atoms with van der Waals surface area (Å²) in [6, 6.07) is 13.3. The van der Waals surface area contributed by atoms with E-state index in [0.29, 0.717) is 26.1 Å². The molecule has 3 rings (SSSR count). The van der Waals surface area contributed by atoms with Gasteiger partial charge in [-0.1, -0.05) is 17.7 Å². The van der Waals surface area contributed by atoms with Gasteiger partial charge in [0.1, 0.15) is 5.75 Å². The Morgan fingerprint density at radius 1 is 0.968 bits per heavy atom. The molecule has 1 aliphatic rings. The van der Waals surface area contributed by atoms with Crippen molar-refractivity contribution in [3.05, 3.63) is 59.7 Å². The van der Waals surface area contributed by atoms with Gasteiger partial charge in [0, 0.05) is 25.1 Å². The highest BCUT2D eigenvalue weighted by Gasteiger charge is 2.27. The zero-order chi connectivity index (χ0) is 22.3. The number of hydrazine groups is 1. The Morgan fingerprint density at radius 3 is 2.26 bits per heavy atom. The van der Waals surface area contributed by atoms with Gasteiger partial charge in [0.05, 0.1) is 11.5 Å². The van der Waals surface area contributed by atoms with E-state index in [-0.39, 0.29) is 22.8 Å². The Morgan fingerprint density at radius 2 is 1.61 bits per heavy atom. The van der Waals surface area contributed by atoms with Crippen LogP contribution in [0, 0.1) is 6.92 Å². The number of ether oxygens (including phenoxy) is 1. The molecule has 0 saturated carbocycles. The summed E-state index contributed by atoms with van der Waals surface area (Å²) in [6.45, 7) is 3.42. The second-order valence-corrected chi connectivity index (χ2v) is 9.34. The maximum absolute atomic E-state index is 12.5. The van der Waals surface area contributed by atoms with E-state index in [9.17, 15) is 18.0 Å². The topological polar surface area (TPSA) is 105 Å². The van der Waals surface area contributed by atoms with E-state index in [1.807, 2.05) is 31.2 Å². The average molecular weight is 446 g/mol. The Kier molecular flexibility index (Phi) is 7.64. The second kappa shape index (κ2) is 10.4. The third kappa shape index (κ3) is 6.28. The molecule has 1 fully saturated rings. The number of hydrogen-bond donors (Lipinski definition) is 2. The van der Waals surface area contributed by atoms with Crippen LogP contribution in [0.25, 0.3) is 0 Å². The Balaban J connectivity index is 1.40. The highest BCUT2D eigenvalue weighted by molar-refractivity contribution is 7.89. The number of carbonyl (C=O) groups excluding carboxylic acids is 2. The first-order valence-electron chi connectivity index (χ1n) is 10.2. The molecule has 2 amide bonds. The minimum absolute atomic E-state index is 0.156. The molecule has 0 aliphatic carbocycles. The summed E-state index contributed by atoms with van der Waals surface area (Å²) in [5.74, 6) is -0.113. The Labute approximate surface area is 182 Å². The van der Waals surface area contributed by atoms with Crippen molar-refractivity contribution in [2.75, 3.05) is 19.7 Å². The van der Waals surface area contributed by atoms with Crippen LogP contribution in [0.4, 0.5) is 0 Å². The van der Waals surface area contributed by atoms with Crippen LogP contribution in [-0.2, 0) is 14.8 Å². The van der Waals surface area contributed by atoms with Gasteiger partial charge in [0.25, 0.3) is 5.91 Å². The number of nitrogens with zero attached hydrogens (tertiary/aromatic N) is 1. The SMILES string of the molecule is Cc1ccc(OCCCC(=O)NNC(=O)c2ccc(S(=O)(=O)N3CCCC3)cc2)cc1. The lowest BCUT2D eigenvalue weighted by Crippen LogP contribution is -2.41. The van der Waals surface area contributed by atoms with E-state index < -0.39 is 15.9 Å². The van der Waals surface area contributed by atoms with Gasteiger partial charge in [-0.2, -0.15) is 4.31 Å². The molecule has 2 aromatic carbocycles. The summed E-state index contributed by atoms with van der Waals surface area (Å²) in [6.07, 6.45) is 2.41. The van der Waals surface area contributed by atoms with Gasteiger partial charge < -0.3 is 4.74 Å². The van der Waals surface area contributed by atoms with Crippen molar-refractivity contribution in [1.29, 1.82) is 0 Å². The van der Waals surface area contributed by atoms with Gasteiger partial charge in [-0.15, -0.1) is 0 Å². The number of sulfonamides is 1. The number of benzene rings is 2. The molecule has 0 spiro atoms. The lowest BCUT2D eigenvalue weighted by atomic mass is 10.2. The molecule has 0 bridgehead atoms. The number of carbonyl (C=O) groups is 2. The first-order chi connectivity index (χ1) is 14.9. The summed E-state index contributed by atoms with van der Waals surface area (Å²) < 4.78 is 32.0. The normalized spacial score (nSPS) is 14.2. The first-order valence-corrected chi connectivity index (χ1v) is 11.7. The second-order valence-electron chi connectivity index (χ2n) is 7.40. The molecule has 0 atom stereocenters. The highest BCUT2D eigenvalue weighted by Crippen LogP contribution is 2.21. The molecular weight excluding hydrogens is 418 g/mol. The first kappa shape index (κ1) is 22.8. The predicted molar refractivity (Wildman–Crippen MR) is 116 cm³/mol. The van der Waals surface area contributed by atoms with Crippen molar-refractivity contribution in [1.82, 2.24) is 15.2 Å². The van der Waals surface area contributed by atoms with Crippen LogP contribution in [0.3, 0.4) is 0 Å². The zero-order valence-corrected chi connectivity index (χ0v) is 18.3. The van der Waals surface area contributed by atoms with Crippen LogP contribution in [0.15, 0.2) is 53.4 Å². The molecular formula is C22H27N3O5S. The summed E-state index contributed by atoms with van der Waals surface area (Å²) in [5.41, 5.74) is 6.09. The van der Waals surface area contributed by atoms with Crippen LogP contribution in [-0.4, -0.2) is 44.2 Å². The Hall–Kier alpha value is -2.91. The molecule has 1 saturated heterocycles. The van der Waals surface area contributed by atoms with Gasteiger partial charge in [-0.25, -0.2) is 8.42 Å². The molecule has 8 nitrogen and oxygen atoms in total. The quantitative estimate of drug-likeness (QED) is 0.480. The van der Waals surface area contributed by atoms with Crippen molar-refractivity contribution in [3.63, 3.8) is 0 Å². The van der Waals surface area contributed by atoms with Crippen molar-refractivity contribution in [3.8, 4) is 5.75 Å². The van der Waals surface area contributed by atoms with Gasteiger partial charge in [-0.3, -0.25) is 20.4 Å². The number of amides is 2. The van der Waals surface area contributed by atoms with Gasteiger partial charge in [0.2, 0.25) is 15.9 Å². The third-order valence-corrected chi connectivity index (χ3v) is 6.89. The highest BCUT2D eigenvalue weighted by atomic mass is 32.2. The molecule has 31 heavy (non-hydrogen) atoms. The maximum atomic E-state index is 12.5. The van der Waals surface area contributed by atoms with Gasteiger partial charge in [0.15, 0.2) is 0 Å². The minimum Gasteiger partial charge on any atom is -0.494 e. The van der Waals surface area contributed by atoms with Crippen molar-refractivity contribution in [2.24, 2.45) is 0 Å². The smallest absolute Gasteiger partial charge is 0.269 e. The number of aryl methyl sites for hydroxylation is 1. The van der Waals surface area contributed by atoms with E-state index >= 15 is 0 Å². The van der Waals surface area contributed by atoms with Crippen LogP contribution in [0.1, 0.15) is 41.6 Å². The van der Waals surface area contributed by atoms with E-state index in [2.05, 4.69) is 10.9 Å². The van der Waals surface area contributed by atoms with E-state index in [0.717, 1.165) is 24.2 Å². The summed E-state index contributed by atoms with van der Waals surface area (Å²) in [4.78, 5) is 24.3. The molecule has 1 heterocycles. The number of hydrogen-bond acceptors (Lipinski definition) is 5. The predicted octanol–water partition coefficient (Wildman–Crippen LogP) is 2.40. The maximum Gasteiger partial charge on any atom is 0.269 e. The average Bonchev–Trinajstić information content (AvgIpc) is 3.32. The van der Waals surface area contributed by atoms with Crippen LogP contribution < -0.4 is 15.6 Å². The fourth-order valence-electron chi connectivity index (χ4n) is 3.17. The fraction of sp³-hybridized carbons (Fsp3) is 0.364. The fourth-order valence-corrected chi connectivity index (χ4v) is 4.69. The van der Waals surface area contributed by atoms with Crippen molar-refractivity contribution >= 4 is 21.8 Å².